The molecule has 1 aromatic rings. The van der Waals surface area contributed by atoms with E-state index in [0.717, 1.165) is 0 Å². The Hall–Kier alpha value is -2.17. The summed E-state index contributed by atoms with van der Waals surface area (Å²) >= 11 is 0. The molecular weight excluding hydrogens is 196 g/mol. The molecule has 0 radical (unpaired) electrons. The number of benzene rings is 1. The number of nitrogens with two attached hydrogens (primary N) is 1. The summed E-state index contributed by atoms with van der Waals surface area (Å²) in [6, 6.07) is 6.16. The molecule has 2 amide bonds. The van der Waals surface area contributed by atoms with Crippen LogP contribution in [0.2, 0.25) is 0 Å². The first kappa shape index (κ1) is 10.9. The first-order valence-corrected chi connectivity index (χ1v) is 4.22. The predicted molar refractivity (Wildman–Crippen MR) is 54.3 cm³/mol. The molecule has 0 aliphatic carbocycles. The molecule has 0 fully saturated rings. The number of Topliss-reactive ketones (excluding diaryl/α,β-unsaturated/α-hetero) is 1. The van der Waals surface area contributed by atoms with Crippen molar-refractivity contribution in [2.45, 2.75) is 6.92 Å². The van der Waals surface area contributed by atoms with Gasteiger partial charge in [-0.05, 0) is 31.2 Å². The van der Waals surface area contributed by atoms with Gasteiger partial charge in [0.1, 0.15) is 0 Å². The van der Waals surface area contributed by atoms with Crippen LogP contribution in [0.15, 0.2) is 24.3 Å². The number of primary amides is 1. The zero-order valence-electron chi connectivity index (χ0n) is 8.11. The highest BCUT2D eigenvalue weighted by Gasteiger charge is 2.08. The Bertz CT molecular complexity index is 409. The van der Waals surface area contributed by atoms with E-state index in [-0.39, 0.29) is 5.78 Å². The molecule has 0 saturated carbocycles. The first-order chi connectivity index (χ1) is 7.00. The highest BCUT2D eigenvalue weighted by Crippen LogP contribution is 2.09. The maximum atomic E-state index is 10.9. The zero-order chi connectivity index (χ0) is 11.4. The van der Waals surface area contributed by atoms with Gasteiger partial charge in [-0.25, -0.2) is 0 Å². The summed E-state index contributed by atoms with van der Waals surface area (Å²) in [4.78, 5) is 32.2. The molecule has 0 unspecified atom stereocenters. The third-order valence-corrected chi connectivity index (χ3v) is 1.77. The Morgan fingerprint density at radius 3 is 2.07 bits per heavy atom. The van der Waals surface area contributed by atoms with Crippen LogP contribution < -0.4 is 11.1 Å². The van der Waals surface area contributed by atoms with Gasteiger partial charge in [0.25, 0.3) is 0 Å². The van der Waals surface area contributed by atoms with Gasteiger partial charge < -0.3 is 11.1 Å². The van der Waals surface area contributed by atoms with Crippen molar-refractivity contribution in [1.82, 2.24) is 0 Å². The fraction of sp³-hybridized carbons (Fsp3) is 0.100. The molecule has 3 N–H and O–H groups in total. The quantitative estimate of drug-likeness (QED) is 0.539. The second kappa shape index (κ2) is 4.36. The van der Waals surface area contributed by atoms with Gasteiger partial charge in [0.2, 0.25) is 0 Å². The van der Waals surface area contributed by atoms with Crippen molar-refractivity contribution < 1.29 is 14.4 Å². The minimum Gasteiger partial charge on any atom is -0.361 e. The van der Waals surface area contributed by atoms with Crippen LogP contribution in [0.1, 0.15) is 17.3 Å². The number of hydrogen-bond donors (Lipinski definition) is 2. The minimum absolute atomic E-state index is 0.0669. The van der Waals surface area contributed by atoms with Crippen molar-refractivity contribution in [3.05, 3.63) is 29.8 Å². The minimum atomic E-state index is -1.05. The van der Waals surface area contributed by atoms with Gasteiger partial charge in [-0.2, -0.15) is 0 Å². The number of anilines is 1. The lowest BCUT2D eigenvalue weighted by atomic mass is 10.1. The van der Waals surface area contributed by atoms with Crippen molar-refractivity contribution in [2.24, 2.45) is 5.73 Å². The van der Waals surface area contributed by atoms with E-state index < -0.39 is 11.8 Å². The number of hydrogen-bond acceptors (Lipinski definition) is 3. The van der Waals surface area contributed by atoms with Gasteiger partial charge in [-0.1, -0.05) is 0 Å². The van der Waals surface area contributed by atoms with Crippen LogP contribution in [0.5, 0.6) is 0 Å². The van der Waals surface area contributed by atoms with Crippen LogP contribution in [0.3, 0.4) is 0 Å². The standard InChI is InChI=1S/C10H10N2O3/c1-6(13)7-2-4-8(5-3-7)12-10(15)9(11)14/h2-5H,1H3,(H2,11,14)(H,12,15). The van der Waals surface area contributed by atoms with E-state index in [1.54, 1.807) is 12.1 Å². The summed E-state index contributed by atoms with van der Waals surface area (Å²) in [7, 11) is 0. The molecule has 5 heteroatoms. The molecule has 78 valence electrons. The van der Waals surface area contributed by atoms with Crippen molar-refractivity contribution in [3.63, 3.8) is 0 Å². The van der Waals surface area contributed by atoms with Gasteiger partial charge in [0, 0.05) is 11.3 Å². The molecule has 0 saturated heterocycles. The SMILES string of the molecule is CC(=O)c1ccc(NC(=O)C(N)=O)cc1. The summed E-state index contributed by atoms with van der Waals surface area (Å²) in [6.07, 6.45) is 0. The number of carbonyl (C=O) groups is 3. The lowest BCUT2D eigenvalue weighted by Crippen LogP contribution is -2.29. The molecule has 0 aliphatic heterocycles. The van der Waals surface area contributed by atoms with E-state index in [1.807, 2.05) is 0 Å². The number of amides is 2. The van der Waals surface area contributed by atoms with E-state index in [0.29, 0.717) is 11.3 Å². The molecule has 0 aromatic heterocycles. The largest absolute Gasteiger partial charge is 0.361 e. The third-order valence-electron chi connectivity index (χ3n) is 1.77. The second-order valence-corrected chi connectivity index (χ2v) is 2.95. The van der Waals surface area contributed by atoms with Gasteiger partial charge in [-0.15, -0.1) is 0 Å². The number of nitrogens with one attached hydrogen (secondary N) is 1. The maximum Gasteiger partial charge on any atom is 0.313 e. The fourth-order valence-corrected chi connectivity index (χ4v) is 0.981. The normalized spacial score (nSPS) is 9.40. The van der Waals surface area contributed by atoms with Gasteiger partial charge in [-0.3, -0.25) is 14.4 Å². The molecule has 15 heavy (non-hydrogen) atoms. The topological polar surface area (TPSA) is 89.3 Å². The molecule has 1 aromatic carbocycles. The van der Waals surface area contributed by atoms with Crippen LogP contribution in [-0.2, 0) is 9.59 Å². The lowest BCUT2D eigenvalue weighted by Gasteiger charge is -2.02. The Balaban J connectivity index is 2.77. The summed E-state index contributed by atoms with van der Waals surface area (Å²) in [5.74, 6) is -2.00. The molecule has 0 aliphatic rings. The predicted octanol–water partition coefficient (Wildman–Crippen LogP) is 0.313. The number of ketones is 1. The number of carbonyl (C=O) groups excluding carboxylic acids is 3. The molecular formula is C10H10N2O3. The second-order valence-electron chi connectivity index (χ2n) is 2.95. The van der Waals surface area contributed by atoms with Crippen LogP contribution in [0.4, 0.5) is 5.69 Å². The van der Waals surface area contributed by atoms with Gasteiger partial charge in [0.15, 0.2) is 5.78 Å². The van der Waals surface area contributed by atoms with Crippen LogP contribution in [0, 0.1) is 0 Å². The zero-order valence-corrected chi connectivity index (χ0v) is 8.11. The van der Waals surface area contributed by atoms with Crippen LogP contribution >= 0.6 is 0 Å². The molecule has 0 bridgehead atoms. The van der Waals surface area contributed by atoms with E-state index in [1.165, 1.54) is 19.1 Å². The summed E-state index contributed by atoms with van der Waals surface area (Å²) in [6.45, 7) is 1.44. The van der Waals surface area contributed by atoms with E-state index in [2.05, 4.69) is 5.32 Å². The first-order valence-electron chi connectivity index (χ1n) is 4.22. The smallest absolute Gasteiger partial charge is 0.313 e. The molecule has 0 heterocycles. The molecule has 1 rings (SSSR count). The van der Waals surface area contributed by atoms with Crippen LogP contribution in [-0.4, -0.2) is 17.6 Å². The van der Waals surface area contributed by atoms with Crippen molar-refractivity contribution in [1.29, 1.82) is 0 Å². The highest BCUT2D eigenvalue weighted by atomic mass is 16.2. The molecule has 0 spiro atoms. The Kier molecular flexibility index (Phi) is 3.17. The fourth-order valence-electron chi connectivity index (χ4n) is 0.981. The van der Waals surface area contributed by atoms with E-state index in [4.69, 9.17) is 5.73 Å². The monoisotopic (exact) mass is 206 g/mol. The molecule has 5 nitrogen and oxygen atoms in total. The lowest BCUT2D eigenvalue weighted by molar-refractivity contribution is -0.134. The van der Waals surface area contributed by atoms with E-state index in [9.17, 15) is 14.4 Å². The third kappa shape index (κ3) is 2.91. The van der Waals surface area contributed by atoms with Crippen molar-refractivity contribution in [3.8, 4) is 0 Å². The molecule has 0 atom stereocenters. The van der Waals surface area contributed by atoms with Crippen molar-refractivity contribution in [2.75, 3.05) is 5.32 Å². The van der Waals surface area contributed by atoms with Crippen LogP contribution in [0.25, 0.3) is 0 Å². The Labute approximate surface area is 86.3 Å². The number of rotatable bonds is 2. The highest BCUT2D eigenvalue weighted by molar-refractivity contribution is 6.39. The maximum absolute atomic E-state index is 10.9. The Morgan fingerprint density at radius 1 is 1.13 bits per heavy atom. The average molecular weight is 206 g/mol. The summed E-state index contributed by atoms with van der Waals surface area (Å²) in [5, 5.41) is 2.28. The summed E-state index contributed by atoms with van der Waals surface area (Å²) in [5.41, 5.74) is 5.71. The van der Waals surface area contributed by atoms with E-state index >= 15 is 0 Å². The van der Waals surface area contributed by atoms with Crippen molar-refractivity contribution >= 4 is 23.3 Å². The van der Waals surface area contributed by atoms with Gasteiger partial charge >= 0.3 is 11.8 Å². The van der Waals surface area contributed by atoms with Gasteiger partial charge in [0.05, 0.1) is 0 Å². The Morgan fingerprint density at radius 2 is 1.67 bits per heavy atom. The summed E-state index contributed by atoms with van der Waals surface area (Å²) < 4.78 is 0. The average Bonchev–Trinajstić information content (AvgIpc) is 2.18.